The standard InChI is InChI=1S/C21H20N4O3/c1-14-6-3-4-7-16(14)12-22-19-11-18(23-13-24-19)20(26)25-17-9-5-8-15(10-17)21(27)28-2/h3-11,13H,12H2,1-2H3,(H,25,26)(H,22,23,24). The third-order valence-corrected chi connectivity index (χ3v) is 4.16. The second-order valence-electron chi connectivity index (χ2n) is 6.10. The van der Waals surface area contributed by atoms with Gasteiger partial charge in [-0.3, -0.25) is 4.79 Å². The fraction of sp³-hybridized carbons (Fsp3) is 0.143. The number of carbonyl (C=O) groups is 2. The van der Waals surface area contributed by atoms with E-state index in [0.29, 0.717) is 23.6 Å². The van der Waals surface area contributed by atoms with Crippen molar-refractivity contribution in [3.8, 4) is 0 Å². The lowest BCUT2D eigenvalue weighted by atomic mass is 10.1. The van der Waals surface area contributed by atoms with Crippen molar-refractivity contribution in [1.82, 2.24) is 9.97 Å². The molecule has 1 aromatic heterocycles. The molecule has 142 valence electrons. The van der Waals surface area contributed by atoms with Crippen molar-refractivity contribution in [3.63, 3.8) is 0 Å². The van der Waals surface area contributed by atoms with Gasteiger partial charge in [-0.25, -0.2) is 14.8 Å². The van der Waals surface area contributed by atoms with E-state index in [-0.39, 0.29) is 5.69 Å². The topological polar surface area (TPSA) is 93.2 Å². The van der Waals surface area contributed by atoms with Crippen molar-refractivity contribution in [2.75, 3.05) is 17.7 Å². The summed E-state index contributed by atoms with van der Waals surface area (Å²) in [5.74, 6) is -0.323. The largest absolute Gasteiger partial charge is 0.465 e. The summed E-state index contributed by atoms with van der Waals surface area (Å²) in [6, 6.07) is 16.1. The molecule has 3 aromatic rings. The number of nitrogens with zero attached hydrogens (tertiary/aromatic N) is 2. The number of rotatable bonds is 6. The van der Waals surface area contributed by atoms with E-state index in [1.807, 2.05) is 31.2 Å². The first-order valence-corrected chi connectivity index (χ1v) is 8.67. The number of hydrogen-bond donors (Lipinski definition) is 2. The monoisotopic (exact) mass is 376 g/mol. The van der Waals surface area contributed by atoms with Gasteiger partial charge in [-0.15, -0.1) is 0 Å². The van der Waals surface area contributed by atoms with E-state index >= 15 is 0 Å². The SMILES string of the molecule is COC(=O)c1cccc(NC(=O)c2cc(NCc3ccccc3C)ncn2)c1. The molecule has 0 spiro atoms. The first kappa shape index (κ1) is 19.0. The van der Waals surface area contributed by atoms with Gasteiger partial charge < -0.3 is 15.4 Å². The van der Waals surface area contributed by atoms with Gasteiger partial charge >= 0.3 is 5.97 Å². The Balaban J connectivity index is 1.69. The van der Waals surface area contributed by atoms with Gasteiger partial charge in [-0.05, 0) is 36.2 Å². The number of amides is 1. The molecule has 0 fully saturated rings. The van der Waals surface area contributed by atoms with Gasteiger partial charge in [0.2, 0.25) is 0 Å². The van der Waals surface area contributed by atoms with E-state index in [2.05, 4.69) is 25.3 Å². The average Bonchev–Trinajstić information content (AvgIpc) is 2.73. The Bertz CT molecular complexity index is 1000. The summed E-state index contributed by atoms with van der Waals surface area (Å²) in [7, 11) is 1.31. The number of nitrogens with one attached hydrogen (secondary N) is 2. The van der Waals surface area contributed by atoms with Crippen LogP contribution in [-0.4, -0.2) is 29.0 Å². The van der Waals surface area contributed by atoms with E-state index < -0.39 is 11.9 Å². The smallest absolute Gasteiger partial charge is 0.337 e. The van der Waals surface area contributed by atoms with Crippen LogP contribution in [-0.2, 0) is 11.3 Å². The molecule has 0 aliphatic rings. The third-order valence-electron chi connectivity index (χ3n) is 4.16. The molecule has 0 bridgehead atoms. The highest BCUT2D eigenvalue weighted by atomic mass is 16.5. The second-order valence-corrected chi connectivity index (χ2v) is 6.10. The summed E-state index contributed by atoms with van der Waals surface area (Å²) in [6.45, 7) is 2.63. The van der Waals surface area contributed by atoms with Crippen molar-refractivity contribution < 1.29 is 14.3 Å². The third kappa shape index (κ3) is 4.70. The molecule has 0 saturated carbocycles. The number of benzene rings is 2. The molecular formula is C21H20N4O3. The summed E-state index contributed by atoms with van der Waals surface area (Å²) in [6.07, 6.45) is 1.33. The van der Waals surface area contributed by atoms with Gasteiger partial charge in [0, 0.05) is 18.3 Å². The van der Waals surface area contributed by atoms with Gasteiger partial charge in [-0.1, -0.05) is 30.3 Å². The van der Waals surface area contributed by atoms with Crippen molar-refractivity contribution >= 4 is 23.4 Å². The number of aromatic nitrogens is 2. The van der Waals surface area contributed by atoms with Crippen molar-refractivity contribution in [3.05, 3.63) is 83.3 Å². The van der Waals surface area contributed by atoms with Gasteiger partial charge in [0.05, 0.1) is 12.7 Å². The van der Waals surface area contributed by atoms with E-state index in [4.69, 9.17) is 0 Å². The number of aryl methyl sites for hydroxylation is 1. The predicted molar refractivity (Wildman–Crippen MR) is 106 cm³/mol. The molecule has 2 aromatic carbocycles. The Labute approximate surface area is 162 Å². The molecule has 1 heterocycles. The Morgan fingerprint density at radius 2 is 1.86 bits per heavy atom. The number of carbonyl (C=O) groups excluding carboxylic acids is 2. The minimum absolute atomic E-state index is 0.214. The maximum absolute atomic E-state index is 12.5. The van der Waals surface area contributed by atoms with Crippen LogP contribution < -0.4 is 10.6 Å². The van der Waals surface area contributed by atoms with E-state index in [9.17, 15) is 9.59 Å². The minimum Gasteiger partial charge on any atom is -0.465 e. The van der Waals surface area contributed by atoms with Gasteiger partial charge in [0.15, 0.2) is 0 Å². The Hall–Kier alpha value is -3.74. The molecule has 7 heteroatoms. The van der Waals surface area contributed by atoms with Crippen LogP contribution >= 0.6 is 0 Å². The first-order valence-electron chi connectivity index (χ1n) is 8.67. The van der Waals surface area contributed by atoms with Crippen LogP contribution in [0.3, 0.4) is 0 Å². The molecule has 0 saturated heterocycles. The fourth-order valence-electron chi connectivity index (χ4n) is 2.61. The van der Waals surface area contributed by atoms with Gasteiger partial charge in [0.25, 0.3) is 5.91 Å². The van der Waals surface area contributed by atoms with Crippen LogP contribution in [0.2, 0.25) is 0 Å². The Morgan fingerprint density at radius 1 is 1.04 bits per heavy atom. The highest BCUT2D eigenvalue weighted by molar-refractivity contribution is 6.03. The molecule has 2 N–H and O–H groups in total. The summed E-state index contributed by atoms with van der Waals surface area (Å²) >= 11 is 0. The zero-order chi connectivity index (χ0) is 19.9. The highest BCUT2D eigenvalue weighted by Crippen LogP contribution is 2.14. The summed E-state index contributed by atoms with van der Waals surface area (Å²) in [5.41, 5.74) is 3.36. The molecule has 0 unspecified atom stereocenters. The molecule has 0 aliphatic heterocycles. The van der Waals surface area contributed by atoms with E-state index in [1.165, 1.54) is 19.0 Å². The van der Waals surface area contributed by atoms with Gasteiger partial charge in [0.1, 0.15) is 17.8 Å². The van der Waals surface area contributed by atoms with Crippen molar-refractivity contribution in [2.24, 2.45) is 0 Å². The zero-order valence-corrected chi connectivity index (χ0v) is 15.6. The normalized spacial score (nSPS) is 10.2. The van der Waals surface area contributed by atoms with Crippen molar-refractivity contribution in [1.29, 1.82) is 0 Å². The zero-order valence-electron chi connectivity index (χ0n) is 15.6. The minimum atomic E-state index is -0.471. The predicted octanol–water partition coefficient (Wildman–Crippen LogP) is 3.44. The van der Waals surface area contributed by atoms with E-state index in [0.717, 1.165) is 5.56 Å². The maximum atomic E-state index is 12.5. The highest BCUT2D eigenvalue weighted by Gasteiger charge is 2.11. The summed E-state index contributed by atoms with van der Waals surface area (Å²) < 4.78 is 4.69. The van der Waals surface area contributed by atoms with Crippen molar-refractivity contribution in [2.45, 2.75) is 13.5 Å². The molecule has 0 aliphatic carbocycles. The molecule has 3 rings (SSSR count). The lowest BCUT2D eigenvalue weighted by Gasteiger charge is -2.10. The average molecular weight is 376 g/mol. The number of ether oxygens (including phenoxy) is 1. The fourth-order valence-corrected chi connectivity index (χ4v) is 2.61. The van der Waals surface area contributed by atoms with E-state index in [1.54, 1.807) is 30.3 Å². The summed E-state index contributed by atoms with van der Waals surface area (Å²) in [4.78, 5) is 32.3. The second kappa shape index (κ2) is 8.77. The summed E-state index contributed by atoms with van der Waals surface area (Å²) in [5, 5.41) is 5.92. The van der Waals surface area contributed by atoms with Crippen LogP contribution in [0.5, 0.6) is 0 Å². The number of hydrogen-bond acceptors (Lipinski definition) is 6. The molecule has 0 radical (unpaired) electrons. The molecular weight excluding hydrogens is 356 g/mol. The lowest BCUT2D eigenvalue weighted by molar-refractivity contribution is 0.0600. The number of methoxy groups -OCH3 is 1. The Morgan fingerprint density at radius 3 is 2.64 bits per heavy atom. The number of anilines is 2. The molecule has 7 nitrogen and oxygen atoms in total. The van der Waals surface area contributed by atoms with Crippen LogP contribution in [0.1, 0.15) is 32.0 Å². The molecule has 0 atom stereocenters. The van der Waals surface area contributed by atoms with Crippen LogP contribution in [0, 0.1) is 6.92 Å². The maximum Gasteiger partial charge on any atom is 0.337 e. The Kier molecular flexibility index (Phi) is 5.96. The number of esters is 1. The van der Waals surface area contributed by atoms with Crippen LogP contribution in [0.4, 0.5) is 11.5 Å². The molecule has 1 amide bonds. The van der Waals surface area contributed by atoms with Gasteiger partial charge in [-0.2, -0.15) is 0 Å². The first-order chi connectivity index (χ1) is 13.6. The van der Waals surface area contributed by atoms with Crippen LogP contribution in [0.25, 0.3) is 0 Å². The quantitative estimate of drug-likeness (QED) is 0.640. The lowest BCUT2D eigenvalue weighted by Crippen LogP contribution is -2.15. The van der Waals surface area contributed by atoms with Crippen LogP contribution in [0.15, 0.2) is 60.9 Å². The molecule has 28 heavy (non-hydrogen) atoms.